The Morgan fingerprint density at radius 3 is 2.55 bits per heavy atom. The van der Waals surface area contributed by atoms with E-state index in [1.54, 1.807) is 0 Å². The van der Waals surface area contributed by atoms with E-state index in [9.17, 15) is 9.90 Å². The smallest absolute Gasteiger partial charge is 0.223 e. The van der Waals surface area contributed by atoms with Gasteiger partial charge >= 0.3 is 0 Å². The number of rotatable bonds is 1. The SMILES string of the molecule is CC(C)C1=CC2=CCC3C(C)(C)CCC[C@]3(C)C2=C(O)C1=O. The Morgan fingerprint density at radius 2 is 1.91 bits per heavy atom. The Bertz CT molecular complexity index is 616. The average molecular weight is 300 g/mol. The molecule has 1 unspecified atom stereocenters. The maximum atomic E-state index is 12.6. The van der Waals surface area contributed by atoms with E-state index in [1.807, 2.05) is 19.9 Å². The summed E-state index contributed by atoms with van der Waals surface area (Å²) in [7, 11) is 0. The average Bonchev–Trinajstić information content (AvgIpc) is 2.40. The van der Waals surface area contributed by atoms with Gasteiger partial charge in [-0.1, -0.05) is 47.1 Å². The lowest BCUT2D eigenvalue weighted by Gasteiger charge is -2.54. The lowest BCUT2D eigenvalue weighted by Crippen LogP contribution is -2.46. The van der Waals surface area contributed by atoms with Crippen molar-refractivity contribution in [2.45, 2.75) is 60.3 Å². The molecule has 2 atom stereocenters. The Hall–Kier alpha value is -1.31. The second kappa shape index (κ2) is 4.84. The van der Waals surface area contributed by atoms with Crippen LogP contribution in [0.5, 0.6) is 0 Å². The Labute approximate surface area is 134 Å². The molecular weight excluding hydrogens is 272 g/mol. The summed E-state index contributed by atoms with van der Waals surface area (Å²) >= 11 is 0. The van der Waals surface area contributed by atoms with E-state index in [0.29, 0.717) is 5.92 Å². The maximum Gasteiger partial charge on any atom is 0.223 e. The molecule has 0 aromatic carbocycles. The molecule has 1 saturated carbocycles. The first-order valence-corrected chi connectivity index (χ1v) is 8.59. The van der Waals surface area contributed by atoms with E-state index < -0.39 is 0 Å². The van der Waals surface area contributed by atoms with E-state index in [0.717, 1.165) is 29.6 Å². The minimum Gasteiger partial charge on any atom is -0.504 e. The van der Waals surface area contributed by atoms with Gasteiger partial charge in [0.05, 0.1) is 0 Å². The number of ketones is 1. The molecule has 2 nitrogen and oxygen atoms in total. The van der Waals surface area contributed by atoms with Crippen molar-refractivity contribution in [3.05, 3.63) is 34.6 Å². The van der Waals surface area contributed by atoms with Crippen molar-refractivity contribution < 1.29 is 9.90 Å². The molecule has 1 fully saturated rings. The molecule has 3 aliphatic rings. The monoisotopic (exact) mass is 300 g/mol. The fourth-order valence-electron chi connectivity index (χ4n) is 5.13. The van der Waals surface area contributed by atoms with Crippen LogP contribution in [-0.2, 0) is 4.79 Å². The minimum atomic E-state index is -0.160. The third-order valence-electron chi connectivity index (χ3n) is 6.31. The highest BCUT2D eigenvalue weighted by Crippen LogP contribution is 2.60. The standard InChI is InChI=1S/C20H28O2/c1-12(2)14-11-13-7-8-15-19(3,4)9-6-10-20(15,5)16(13)18(22)17(14)21/h7,11-12,15,22H,6,8-10H2,1-5H3/t15?,20-/m0/s1. The van der Waals surface area contributed by atoms with Crippen molar-refractivity contribution in [3.8, 4) is 0 Å². The van der Waals surface area contributed by atoms with Crippen molar-refractivity contribution in [1.29, 1.82) is 0 Å². The van der Waals surface area contributed by atoms with Crippen molar-refractivity contribution in [1.82, 2.24) is 0 Å². The molecule has 1 N–H and O–H groups in total. The number of Topliss-reactive ketones (excluding diaryl/α,β-unsaturated/α-hetero) is 1. The van der Waals surface area contributed by atoms with E-state index in [-0.39, 0.29) is 28.3 Å². The fraction of sp³-hybridized carbons (Fsp3) is 0.650. The van der Waals surface area contributed by atoms with Crippen molar-refractivity contribution in [2.24, 2.45) is 22.7 Å². The lowest BCUT2D eigenvalue weighted by molar-refractivity contribution is -0.115. The minimum absolute atomic E-state index is 0.0161. The van der Waals surface area contributed by atoms with E-state index in [1.165, 1.54) is 12.8 Å². The Kier molecular flexibility index (Phi) is 3.43. The van der Waals surface area contributed by atoms with Gasteiger partial charge in [0.25, 0.3) is 0 Å². The van der Waals surface area contributed by atoms with Crippen molar-refractivity contribution >= 4 is 5.78 Å². The van der Waals surface area contributed by atoms with Gasteiger partial charge < -0.3 is 5.11 Å². The topological polar surface area (TPSA) is 37.3 Å². The third-order valence-corrected chi connectivity index (χ3v) is 6.31. The number of carbonyl (C=O) groups is 1. The van der Waals surface area contributed by atoms with Gasteiger partial charge in [0.1, 0.15) is 0 Å². The van der Waals surface area contributed by atoms with Gasteiger partial charge in [-0.3, -0.25) is 4.79 Å². The van der Waals surface area contributed by atoms with Crippen LogP contribution >= 0.6 is 0 Å². The van der Waals surface area contributed by atoms with Gasteiger partial charge in [-0.05, 0) is 48.2 Å². The van der Waals surface area contributed by atoms with Gasteiger partial charge in [0.2, 0.25) is 5.78 Å². The molecular formula is C20H28O2. The zero-order valence-electron chi connectivity index (χ0n) is 14.5. The van der Waals surface area contributed by atoms with E-state index in [4.69, 9.17) is 0 Å². The normalized spacial score (nSPS) is 34.1. The van der Waals surface area contributed by atoms with Crippen LogP contribution in [0.3, 0.4) is 0 Å². The van der Waals surface area contributed by atoms with Crippen molar-refractivity contribution in [2.75, 3.05) is 0 Å². The summed E-state index contributed by atoms with van der Waals surface area (Å²) in [5, 5.41) is 10.7. The van der Waals surface area contributed by atoms with Gasteiger partial charge in [-0.2, -0.15) is 0 Å². The number of aliphatic hydroxyl groups excluding tert-OH is 1. The molecule has 0 bridgehead atoms. The second-order valence-corrected chi connectivity index (χ2v) is 8.51. The van der Waals surface area contributed by atoms with Crippen LogP contribution in [0.4, 0.5) is 0 Å². The Morgan fingerprint density at radius 1 is 1.23 bits per heavy atom. The molecule has 0 aliphatic heterocycles. The molecule has 0 radical (unpaired) electrons. The zero-order chi connectivity index (χ0) is 16.3. The molecule has 0 spiro atoms. The summed E-state index contributed by atoms with van der Waals surface area (Å²) in [5.74, 6) is 0.497. The number of allylic oxidation sites excluding steroid dienone is 5. The van der Waals surface area contributed by atoms with Crippen molar-refractivity contribution in [3.63, 3.8) is 0 Å². The highest BCUT2D eigenvalue weighted by Gasteiger charge is 2.52. The Balaban J connectivity index is 2.16. The number of fused-ring (bicyclic) bond motifs is 3. The van der Waals surface area contributed by atoms with E-state index >= 15 is 0 Å². The number of hydrogen-bond acceptors (Lipinski definition) is 2. The molecule has 2 heteroatoms. The fourth-order valence-corrected chi connectivity index (χ4v) is 5.13. The summed E-state index contributed by atoms with van der Waals surface area (Å²) in [5.41, 5.74) is 2.94. The first kappa shape index (κ1) is 15.6. The first-order chi connectivity index (χ1) is 10.2. The lowest BCUT2D eigenvalue weighted by atomic mass is 9.49. The molecule has 0 aromatic heterocycles. The summed E-state index contributed by atoms with van der Waals surface area (Å²) in [4.78, 5) is 12.6. The summed E-state index contributed by atoms with van der Waals surface area (Å²) in [6, 6.07) is 0. The van der Waals surface area contributed by atoms with Gasteiger partial charge in [-0.25, -0.2) is 0 Å². The molecule has 22 heavy (non-hydrogen) atoms. The molecule has 3 aliphatic carbocycles. The predicted octanol–water partition coefficient (Wildman–Crippen LogP) is 5.13. The van der Waals surface area contributed by atoms with Crippen LogP contribution in [0.2, 0.25) is 0 Å². The molecule has 0 saturated heterocycles. The molecule has 120 valence electrons. The van der Waals surface area contributed by atoms with Crippen LogP contribution in [0.25, 0.3) is 0 Å². The van der Waals surface area contributed by atoms with Crippen LogP contribution in [-0.4, -0.2) is 10.9 Å². The number of hydrogen-bond donors (Lipinski definition) is 1. The van der Waals surface area contributed by atoms with Crippen LogP contribution < -0.4 is 0 Å². The van der Waals surface area contributed by atoms with Crippen LogP contribution in [0.1, 0.15) is 60.3 Å². The largest absolute Gasteiger partial charge is 0.504 e. The molecule has 0 heterocycles. The third kappa shape index (κ3) is 2.03. The van der Waals surface area contributed by atoms with Gasteiger partial charge in [-0.15, -0.1) is 0 Å². The predicted molar refractivity (Wildman–Crippen MR) is 89.5 cm³/mol. The summed E-state index contributed by atoms with van der Waals surface area (Å²) in [6.07, 6.45) is 8.79. The summed E-state index contributed by atoms with van der Waals surface area (Å²) in [6.45, 7) is 11.0. The zero-order valence-corrected chi connectivity index (χ0v) is 14.5. The molecule has 3 rings (SSSR count). The second-order valence-electron chi connectivity index (χ2n) is 8.51. The summed E-state index contributed by atoms with van der Waals surface area (Å²) < 4.78 is 0. The quantitative estimate of drug-likeness (QED) is 0.729. The number of carbonyl (C=O) groups excluding carboxylic acids is 1. The van der Waals surface area contributed by atoms with Crippen LogP contribution in [0, 0.1) is 22.7 Å². The van der Waals surface area contributed by atoms with E-state index in [2.05, 4.69) is 26.8 Å². The molecule has 0 aromatic rings. The maximum absolute atomic E-state index is 12.6. The highest BCUT2D eigenvalue weighted by molar-refractivity contribution is 6.10. The van der Waals surface area contributed by atoms with Gasteiger partial charge in [0.15, 0.2) is 5.76 Å². The van der Waals surface area contributed by atoms with Gasteiger partial charge in [0, 0.05) is 16.6 Å². The number of aliphatic hydroxyl groups is 1. The molecule has 0 amide bonds. The highest BCUT2D eigenvalue weighted by atomic mass is 16.3. The first-order valence-electron chi connectivity index (χ1n) is 8.59. The van der Waals surface area contributed by atoms with Crippen LogP contribution in [0.15, 0.2) is 34.6 Å².